The van der Waals surface area contributed by atoms with Crippen LogP contribution in [0.5, 0.6) is 0 Å². The van der Waals surface area contributed by atoms with E-state index in [2.05, 4.69) is 15.3 Å². The van der Waals surface area contributed by atoms with Gasteiger partial charge in [0.1, 0.15) is 17.4 Å². The molecule has 2 heterocycles. The number of hydrogen-bond donors (Lipinski definition) is 2. The fourth-order valence-electron chi connectivity index (χ4n) is 1.19. The van der Waals surface area contributed by atoms with Gasteiger partial charge in [-0.2, -0.15) is 0 Å². The van der Waals surface area contributed by atoms with E-state index in [-0.39, 0.29) is 0 Å². The molecule has 2 aromatic heterocycles. The first-order chi connectivity index (χ1) is 7.38. The van der Waals surface area contributed by atoms with Crippen LogP contribution in [0.1, 0.15) is 11.6 Å². The Labute approximate surface area is 87.3 Å². The summed E-state index contributed by atoms with van der Waals surface area (Å²) in [6.45, 7) is 0.949. The molecule has 78 valence electrons. The third-order valence-electron chi connectivity index (χ3n) is 1.91. The lowest BCUT2D eigenvalue weighted by Crippen LogP contribution is -2.06. The van der Waals surface area contributed by atoms with Gasteiger partial charge in [0.15, 0.2) is 0 Å². The number of nitrogens with zero attached hydrogens (tertiary/aromatic N) is 2. The van der Waals surface area contributed by atoms with E-state index in [0.29, 0.717) is 18.9 Å². The Morgan fingerprint density at radius 3 is 3.07 bits per heavy atom. The zero-order valence-corrected chi connectivity index (χ0v) is 8.18. The standard InChI is InChI=1S/C10H12N4O/c11-6-10-12-4-3-9(14-10)13-7-8-2-1-5-15-8/h1-5H,6-7,11H2,(H,12,13,14). The summed E-state index contributed by atoms with van der Waals surface area (Å²) >= 11 is 0. The van der Waals surface area contributed by atoms with Crippen molar-refractivity contribution >= 4 is 5.82 Å². The molecular formula is C10H12N4O. The Morgan fingerprint density at radius 1 is 1.40 bits per heavy atom. The molecule has 2 rings (SSSR count). The average molecular weight is 204 g/mol. The van der Waals surface area contributed by atoms with Crippen LogP contribution in [-0.2, 0) is 13.1 Å². The quantitative estimate of drug-likeness (QED) is 0.780. The van der Waals surface area contributed by atoms with Crippen molar-refractivity contribution in [3.63, 3.8) is 0 Å². The number of rotatable bonds is 4. The third kappa shape index (κ3) is 2.54. The van der Waals surface area contributed by atoms with Gasteiger partial charge in [-0.05, 0) is 18.2 Å². The van der Waals surface area contributed by atoms with Crippen molar-refractivity contribution in [2.24, 2.45) is 5.73 Å². The first kappa shape index (κ1) is 9.67. The number of nitrogens with two attached hydrogens (primary N) is 1. The van der Waals surface area contributed by atoms with E-state index < -0.39 is 0 Å². The summed E-state index contributed by atoms with van der Waals surface area (Å²) in [4.78, 5) is 8.21. The minimum atomic E-state index is 0.344. The Bertz CT molecular complexity index is 413. The lowest BCUT2D eigenvalue weighted by molar-refractivity contribution is 0.517. The molecule has 0 aliphatic heterocycles. The highest BCUT2D eigenvalue weighted by atomic mass is 16.3. The average Bonchev–Trinajstić information content (AvgIpc) is 2.79. The van der Waals surface area contributed by atoms with Crippen molar-refractivity contribution < 1.29 is 4.42 Å². The van der Waals surface area contributed by atoms with E-state index in [1.807, 2.05) is 12.1 Å². The van der Waals surface area contributed by atoms with E-state index in [0.717, 1.165) is 11.6 Å². The fourth-order valence-corrected chi connectivity index (χ4v) is 1.19. The SMILES string of the molecule is NCc1nccc(NCc2ccco2)n1. The van der Waals surface area contributed by atoms with Crippen LogP contribution < -0.4 is 11.1 Å². The van der Waals surface area contributed by atoms with E-state index >= 15 is 0 Å². The Morgan fingerprint density at radius 2 is 2.33 bits per heavy atom. The van der Waals surface area contributed by atoms with Gasteiger partial charge < -0.3 is 15.5 Å². The lowest BCUT2D eigenvalue weighted by atomic mass is 10.4. The van der Waals surface area contributed by atoms with Gasteiger partial charge >= 0.3 is 0 Å². The first-order valence-corrected chi connectivity index (χ1v) is 4.67. The number of anilines is 1. The van der Waals surface area contributed by atoms with Gasteiger partial charge in [0.05, 0.1) is 19.4 Å². The van der Waals surface area contributed by atoms with Crippen LogP contribution in [0, 0.1) is 0 Å². The van der Waals surface area contributed by atoms with Gasteiger partial charge in [0, 0.05) is 6.20 Å². The predicted octanol–water partition coefficient (Wildman–Crippen LogP) is 1.14. The van der Waals surface area contributed by atoms with Gasteiger partial charge in [-0.25, -0.2) is 9.97 Å². The number of hydrogen-bond acceptors (Lipinski definition) is 5. The Hall–Kier alpha value is -1.88. The van der Waals surface area contributed by atoms with Crippen molar-refractivity contribution in [3.05, 3.63) is 42.2 Å². The maximum Gasteiger partial charge on any atom is 0.144 e. The van der Waals surface area contributed by atoms with Gasteiger partial charge in [-0.3, -0.25) is 0 Å². The van der Waals surface area contributed by atoms with Crippen molar-refractivity contribution in [3.8, 4) is 0 Å². The first-order valence-electron chi connectivity index (χ1n) is 4.67. The molecule has 15 heavy (non-hydrogen) atoms. The lowest BCUT2D eigenvalue weighted by Gasteiger charge is -2.03. The molecule has 0 saturated carbocycles. The zero-order chi connectivity index (χ0) is 10.5. The molecular weight excluding hydrogens is 192 g/mol. The largest absolute Gasteiger partial charge is 0.467 e. The summed E-state index contributed by atoms with van der Waals surface area (Å²) in [7, 11) is 0. The van der Waals surface area contributed by atoms with E-state index in [4.69, 9.17) is 10.2 Å². The molecule has 0 saturated heterocycles. The third-order valence-corrected chi connectivity index (χ3v) is 1.91. The Balaban J connectivity index is 1.98. The van der Waals surface area contributed by atoms with Crippen LogP contribution in [0.15, 0.2) is 35.1 Å². The second-order valence-corrected chi connectivity index (χ2v) is 3.00. The van der Waals surface area contributed by atoms with Gasteiger partial charge in [0.25, 0.3) is 0 Å². The van der Waals surface area contributed by atoms with Gasteiger partial charge in [-0.15, -0.1) is 0 Å². The fraction of sp³-hybridized carbons (Fsp3) is 0.200. The maximum atomic E-state index is 5.44. The molecule has 0 aliphatic carbocycles. The number of furan rings is 1. The topological polar surface area (TPSA) is 77.0 Å². The van der Waals surface area contributed by atoms with E-state index in [9.17, 15) is 0 Å². The summed E-state index contributed by atoms with van der Waals surface area (Å²) in [5, 5.41) is 3.12. The monoisotopic (exact) mass is 204 g/mol. The molecule has 0 unspecified atom stereocenters. The zero-order valence-electron chi connectivity index (χ0n) is 8.18. The molecule has 0 bridgehead atoms. The summed E-state index contributed by atoms with van der Waals surface area (Å²) in [5.74, 6) is 2.24. The second kappa shape index (κ2) is 4.56. The van der Waals surface area contributed by atoms with Crippen LogP contribution in [-0.4, -0.2) is 9.97 Å². The molecule has 0 aromatic carbocycles. The van der Waals surface area contributed by atoms with Crippen LogP contribution >= 0.6 is 0 Å². The summed E-state index contributed by atoms with van der Waals surface area (Å²) in [5.41, 5.74) is 5.44. The van der Waals surface area contributed by atoms with Crippen molar-refractivity contribution in [2.45, 2.75) is 13.1 Å². The van der Waals surface area contributed by atoms with Crippen molar-refractivity contribution in [1.82, 2.24) is 9.97 Å². The summed E-state index contributed by atoms with van der Waals surface area (Å²) < 4.78 is 5.18. The minimum Gasteiger partial charge on any atom is -0.467 e. The maximum absolute atomic E-state index is 5.44. The van der Waals surface area contributed by atoms with E-state index in [1.165, 1.54) is 0 Å². The number of nitrogens with one attached hydrogen (secondary N) is 1. The van der Waals surface area contributed by atoms with Crippen LogP contribution in [0.3, 0.4) is 0 Å². The highest BCUT2D eigenvalue weighted by molar-refractivity contribution is 5.33. The highest BCUT2D eigenvalue weighted by Crippen LogP contribution is 2.06. The molecule has 2 aromatic rings. The molecule has 0 atom stereocenters. The molecule has 0 amide bonds. The molecule has 5 heteroatoms. The number of aromatic nitrogens is 2. The van der Waals surface area contributed by atoms with Crippen LogP contribution in [0.2, 0.25) is 0 Å². The molecule has 0 spiro atoms. The van der Waals surface area contributed by atoms with Crippen LogP contribution in [0.25, 0.3) is 0 Å². The molecule has 5 nitrogen and oxygen atoms in total. The molecule has 0 aliphatic rings. The van der Waals surface area contributed by atoms with E-state index in [1.54, 1.807) is 18.5 Å². The molecule has 0 fully saturated rings. The summed E-state index contributed by atoms with van der Waals surface area (Å²) in [6.07, 6.45) is 3.32. The normalized spacial score (nSPS) is 10.2. The Kier molecular flexibility index (Phi) is 2.94. The smallest absolute Gasteiger partial charge is 0.144 e. The minimum absolute atomic E-state index is 0.344. The highest BCUT2D eigenvalue weighted by Gasteiger charge is 1.98. The molecule has 0 radical (unpaired) electrons. The predicted molar refractivity (Wildman–Crippen MR) is 56.0 cm³/mol. The van der Waals surface area contributed by atoms with Gasteiger partial charge in [0.2, 0.25) is 0 Å². The second-order valence-electron chi connectivity index (χ2n) is 3.00. The van der Waals surface area contributed by atoms with Gasteiger partial charge in [-0.1, -0.05) is 0 Å². The van der Waals surface area contributed by atoms with Crippen LogP contribution in [0.4, 0.5) is 5.82 Å². The molecule has 3 N–H and O–H groups in total. The van der Waals surface area contributed by atoms with Crippen molar-refractivity contribution in [1.29, 1.82) is 0 Å². The summed E-state index contributed by atoms with van der Waals surface area (Å²) in [6, 6.07) is 5.54. The van der Waals surface area contributed by atoms with Crippen molar-refractivity contribution in [2.75, 3.05) is 5.32 Å².